The maximum Gasteiger partial charge on any atom is 0.306 e. The molecule has 0 atom stereocenters. The molecule has 242 valence electrons. The molecule has 0 fully saturated rings. The molecule has 0 aliphatic carbocycles. The van der Waals surface area contributed by atoms with Gasteiger partial charge in [0.25, 0.3) is 0 Å². The van der Waals surface area contributed by atoms with Crippen LogP contribution in [-0.4, -0.2) is 55.5 Å². The molecule has 0 N–H and O–H groups in total. The number of nitrogens with zero attached hydrogens (tertiary/aromatic N) is 1. The summed E-state index contributed by atoms with van der Waals surface area (Å²) in [7, 11) is 0. The van der Waals surface area contributed by atoms with E-state index in [1.807, 2.05) is 0 Å². The Morgan fingerprint density at radius 2 is 1.00 bits per heavy atom. The van der Waals surface area contributed by atoms with Gasteiger partial charge in [0.15, 0.2) is 6.29 Å². The SMILES string of the molecule is CCCCCCCCC(CCCCCCCC)OC(=O)CCCCCN(CCCC)CCCCCC(=O)OCC=O. The monoisotopic (exact) mass is 582 g/mol. The van der Waals surface area contributed by atoms with Crippen molar-refractivity contribution in [1.29, 1.82) is 0 Å². The van der Waals surface area contributed by atoms with E-state index in [0.29, 0.717) is 19.1 Å². The number of hydrogen-bond acceptors (Lipinski definition) is 6. The van der Waals surface area contributed by atoms with E-state index in [9.17, 15) is 14.4 Å². The lowest BCUT2D eigenvalue weighted by Gasteiger charge is -2.22. The number of unbranched alkanes of at least 4 members (excludes halogenated alkanes) is 15. The van der Waals surface area contributed by atoms with E-state index in [4.69, 9.17) is 9.47 Å². The predicted molar refractivity (Wildman–Crippen MR) is 171 cm³/mol. The Kier molecular flexibility index (Phi) is 30.4. The lowest BCUT2D eigenvalue weighted by atomic mass is 10.0. The Balaban J connectivity index is 4.25. The first-order chi connectivity index (χ1) is 20.1. The summed E-state index contributed by atoms with van der Waals surface area (Å²) in [6.45, 7) is 9.81. The summed E-state index contributed by atoms with van der Waals surface area (Å²) in [6.07, 6.45) is 27.3. The molecule has 0 saturated carbocycles. The van der Waals surface area contributed by atoms with Gasteiger partial charge >= 0.3 is 11.9 Å². The zero-order chi connectivity index (χ0) is 30.2. The fourth-order valence-corrected chi connectivity index (χ4v) is 5.29. The molecule has 0 aliphatic rings. The van der Waals surface area contributed by atoms with E-state index in [2.05, 4.69) is 25.7 Å². The van der Waals surface area contributed by atoms with Crippen LogP contribution in [0.5, 0.6) is 0 Å². The van der Waals surface area contributed by atoms with Crippen molar-refractivity contribution in [2.75, 3.05) is 26.2 Å². The van der Waals surface area contributed by atoms with Gasteiger partial charge in [0.1, 0.15) is 12.7 Å². The summed E-state index contributed by atoms with van der Waals surface area (Å²) in [5.74, 6) is -0.281. The van der Waals surface area contributed by atoms with E-state index in [-0.39, 0.29) is 24.6 Å². The standard InChI is InChI=1S/C35H67NO5/c1-4-7-10-12-14-18-24-33(25-19-15-13-11-8-5-2)41-35(39)27-21-17-23-30-36(28-9-6-3)29-22-16-20-26-34(38)40-32-31-37/h31,33H,4-30,32H2,1-3H3. The molecule has 0 unspecified atom stereocenters. The van der Waals surface area contributed by atoms with Crippen LogP contribution >= 0.6 is 0 Å². The predicted octanol–water partition coefficient (Wildman–Crippen LogP) is 9.36. The summed E-state index contributed by atoms with van der Waals surface area (Å²) < 4.78 is 10.8. The molecule has 0 saturated heterocycles. The second-order valence-electron chi connectivity index (χ2n) is 11.9. The smallest absolute Gasteiger partial charge is 0.306 e. The number of esters is 2. The Labute approximate surface area is 254 Å². The fraction of sp³-hybridized carbons (Fsp3) is 0.914. The Morgan fingerprint density at radius 1 is 0.561 bits per heavy atom. The summed E-state index contributed by atoms with van der Waals surface area (Å²) in [4.78, 5) is 37.0. The van der Waals surface area contributed by atoms with Crippen molar-refractivity contribution in [1.82, 2.24) is 4.90 Å². The van der Waals surface area contributed by atoms with Crippen molar-refractivity contribution >= 4 is 18.2 Å². The molecule has 0 aromatic rings. The van der Waals surface area contributed by atoms with Gasteiger partial charge in [0, 0.05) is 12.8 Å². The maximum absolute atomic E-state index is 12.7. The van der Waals surface area contributed by atoms with Gasteiger partial charge in [0.05, 0.1) is 0 Å². The molecule has 0 aromatic heterocycles. The third-order valence-electron chi connectivity index (χ3n) is 7.91. The van der Waals surface area contributed by atoms with Crippen LogP contribution in [0.4, 0.5) is 0 Å². The van der Waals surface area contributed by atoms with Crippen molar-refractivity contribution in [3.8, 4) is 0 Å². The highest BCUT2D eigenvalue weighted by Gasteiger charge is 2.14. The summed E-state index contributed by atoms with van der Waals surface area (Å²) in [5.41, 5.74) is 0. The number of aldehydes is 1. The van der Waals surface area contributed by atoms with Gasteiger partial charge in [-0.2, -0.15) is 0 Å². The van der Waals surface area contributed by atoms with E-state index < -0.39 is 0 Å². The van der Waals surface area contributed by atoms with Crippen LogP contribution in [0.3, 0.4) is 0 Å². The van der Waals surface area contributed by atoms with Crippen LogP contribution in [-0.2, 0) is 23.9 Å². The average molecular weight is 582 g/mol. The second-order valence-corrected chi connectivity index (χ2v) is 11.9. The van der Waals surface area contributed by atoms with Crippen molar-refractivity contribution in [2.24, 2.45) is 0 Å². The first kappa shape index (κ1) is 39.6. The van der Waals surface area contributed by atoms with Crippen LogP contribution in [0, 0.1) is 0 Å². The lowest BCUT2D eigenvalue weighted by molar-refractivity contribution is -0.150. The Hall–Kier alpha value is -1.43. The molecule has 0 aliphatic heterocycles. The minimum atomic E-state index is -0.283. The molecule has 6 nitrogen and oxygen atoms in total. The van der Waals surface area contributed by atoms with Gasteiger partial charge in [-0.05, 0) is 77.4 Å². The first-order valence-corrected chi connectivity index (χ1v) is 17.6. The quantitative estimate of drug-likeness (QED) is 0.0448. The molecular formula is C35H67NO5. The number of carbonyl (C=O) groups excluding carboxylic acids is 3. The minimum Gasteiger partial charge on any atom is -0.462 e. The summed E-state index contributed by atoms with van der Waals surface area (Å²) in [5, 5.41) is 0. The van der Waals surface area contributed by atoms with Crippen LogP contribution in [0.1, 0.15) is 175 Å². The van der Waals surface area contributed by atoms with E-state index in [0.717, 1.165) is 71.0 Å². The maximum atomic E-state index is 12.7. The van der Waals surface area contributed by atoms with Gasteiger partial charge < -0.3 is 14.4 Å². The summed E-state index contributed by atoms with van der Waals surface area (Å²) >= 11 is 0. The van der Waals surface area contributed by atoms with Crippen LogP contribution < -0.4 is 0 Å². The van der Waals surface area contributed by atoms with E-state index >= 15 is 0 Å². The molecular weight excluding hydrogens is 514 g/mol. The number of rotatable bonds is 32. The number of ether oxygens (including phenoxy) is 2. The zero-order valence-electron chi connectivity index (χ0n) is 27.4. The van der Waals surface area contributed by atoms with Crippen LogP contribution in [0.15, 0.2) is 0 Å². The minimum absolute atomic E-state index is 0.00136. The van der Waals surface area contributed by atoms with Gasteiger partial charge in [0.2, 0.25) is 0 Å². The third kappa shape index (κ3) is 28.5. The first-order valence-electron chi connectivity index (χ1n) is 17.6. The molecule has 0 amide bonds. The van der Waals surface area contributed by atoms with Crippen molar-refractivity contribution < 1.29 is 23.9 Å². The molecule has 0 bridgehead atoms. The Bertz CT molecular complexity index is 581. The topological polar surface area (TPSA) is 72.9 Å². The Morgan fingerprint density at radius 3 is 1.51 bits per heavy atom. The van der Waals surface area contributed by atoms with Crippen LogP contribution in [0.25, 0.3) is 0 Å². The molecule has 6 heteroatoms. The highest BCUT2D eigenvalue weighted by molar-refractivity contribution is 5.71. The molecule has 41 heavy (non-hydrogen) atoms. The van der Waals surface area contributed by atoms with Crippen molar-refractivity contribution in [3.05, 3.63) is 0 Å². The van der Waals surface area contributed by atoms with E-state index in [1.54, 1.807) is 0 Å². The normalized spacial score (nSPS) is 11.3. The molecule has 0 spiro atoms. The largest absolute Gasteiger partial charge is 0.462 e. The number of carbonyl (C=O) groups is 3. The fourth-order valence-electron chi connectivity index (χ4n) is 5.29. The lowest BCUT2D eigenvalue weighted by Crippen LogP contribution is -2.27. The molecule has 0 rings (SSSR count). The second kappa shape index (κ2) is 31.5. The molecule has 0 heterocycles. The number of hydrogen-bond donors (Lipinski definition) is 0. The van der Waals surface area contributed by atoms with Crippen molar-refractivity contribution in [2.45, 2.75) is 181 Å². The summed E-state index contributed by atoms with van der Waals surface area (Å²) in [6, 6.07) is 0. The molecule has 0 radical (unpaired) electrons. The van der Waals surface area contributed by atoms with Gasteiger partial charge in [-0.1, -0.05) is 104 Å². The van der Waals surface area contributed by atoms with Gasteiger partial charge in [-0.15, -0.1) is 0 Å². The van der Waals surface area contributed by atoms with E-state index in [1.165, 1.54) is 89.9 Å². The van der Waals surface area contributed by atoms with Gasteiger partial charge in [-0.3, -0.25) is 14.4 Å². The van der Waals surface area contributed by atoms with Crippen molar-refractivity contribution in [3.63, 3.8) is 0 Å². The average Bonchev–Trinajstić information content (AvgIpc) is 2.97. The third-order valence-corrected chi connectivity index (χ3v) is 7.91. The zero-order valence-corrected chi connectivity index (χ0v) is 27.4. The van der Waals surface area contributed by atoms with Crippen LogP contribution in [0.2, 0.25) is 0 Å². The van der Waals surface area contributed by atoms with Gasteiger partial charge in [-0.25, -0.2) is 0 Å². The highest BCUT2D eigenvalue weighted by atomic mass is 16.5. The highest BCUT2D eigenvalue weighted by Crippen LogP contribution is 2.18. The molecule has 0 aromatic carbocycles.